The summed E-state index contributed by atoms with van der Waals surface area (Å²) < 4.78 is 23.5. The largest absolute Gasteiger partial charge is 0.358 e. The lowest BCUT2D eigenvalue weighted by Gasteiger charge is -2.00. The Kier molecular flexibility index (Phi) is 3.24. The van der Waals surface area contributed by atoms with Gasteiger partial charge >= 0.3 is 0 Å². The van der Waals surface area contributed by atoms with Crippen LogP contribution in [0.5, 0.6) is 0 Å². The van der Waals surface area contributed by atoms with Gasteiger partial charge in [0.05, 0.1) is 10.6 Å². The minimum absolute atomic E-state index is 0.144. The molecule has 3 nitrogen and oxygen atoms in total. The fraction of sp³-hybridized carbons (Fsp3) is 0.385. The van der Waals surface area contributed by atoms with Crippen molar-refractivity contribution in [3.63, 3.8) is 0 Å². The summed E-state index contributed by atoms with van der Waals surface area (Å²) in [4.78, 5) is 3.71. The van der Waals surface area contributed by atoms with Gasteiger partial charge in [-0.3, -0.25) is 0 Å². The minimum Gasteiger partial charge on any atom is -0.358 e. The van der Waals surface area contributed by atoms with Gasteiger partial charge in [-0.05, 0) is 30.7 Å². The molecule has 0 amide bonds. The van der Waals surface area contributed by atoms with E-state index < -0.39 is 9.84 Å². The van der Waals surface area contributed by atoms with Crippen LogP contribution in [0.3, 0.4) is 0 Å². The zero-order valence-corrected chi connectivity index (χ0v) is 11.0. The van der Waals surface area contributed by atoms with Crippen molar-refractivity contribution < 1.29 is 8.42 Å². The molecule has 0 radical (unpaired) electrons. The van der Waals surface area contributed by atoms with Gasteiger partial charge in [-0.15, -0.1) is 0 Å². The molecule has 1 aromatic heterocycles. The van der Waals surface area contributed by atoms with Crippen LogP contribution in [-0.2, 0) is 16.3 Å². The summed E-state index contributed by atoms with van der Waals surface area (Å²) in [6, 6.07) is 7.31. The van der Waals surface area contributed by atoms with E-state index in [0.717, 1.165) is 29.4 Å². The fourth-order valence-electron chi connectivity index (χ4n) is 1.93. The lowest BCUT2D eigenvalue weighted by molar-refractivity contribution is 0.597. The molecule has 0 aliphatic heterocycles. The maximum absolute atomic E-state index is 11.8. The van der Waals surface area contributed by atoms with Gasteiger partial charge < -0.3 is 4.98 Å². The van der Waals surface area contributed by atoms with Crippen LogP contribution in [0.15, 0.2) is 29.2 Å². The van der Waals surface area contributed by atoms with Crippen molar-refractivity contribution in [1.82, 2.24) is 4.98 Å². The quantitative estimate of drug-likeness (QED) is 0.908. The molecule has 4 heteroatoms. The maximum atomic E-state index is 11.8. The Hall–Kier alpha value is -1.29. The van der Waals surface area contributed by atoms with Crippen LogP contribution >= 0.6 is 0 Å². The van der Waals surface area contributed by atoms with Crippen molar-refractivity contribution in [2.24, 2.45) is 0 Å². The van der Waals surface area contributed by atoms with Crippen molar-refractivity contribution in [2.75, 3.05) is 5.75 Å². The third-order valence-corrected chi connectivity index (χ3v) is 4.64. The molecule has 2 rings (SSSR count). The first-order valence-electron chi connectivity index (χ1n) is 5.91. The molecule has 17 heavy (non-hydrogen) atoms. The summed E-state index contributed by atoms with van der Waals surface area (Å²) in [6.07, 6.45) is 2.07. The fourth-order valence-corrected chi connectivity index (χ4v) is 2.85. The first-order chi connectivity index (χ1) is 8.06. The first kappa shape index (κ1) is 12.2. The lowest BCUT2D eigenvalue weighted by atomic mass is 10.2. The molecule has 1 N–H and O–H groups in total. The number of hydrogen-bond donors (Lipinski definition) is 1. The van der Waals surface area contributed by atoms with Gasteiger partial charge in [0.2, 0.25) is 0 Å². The molecular weight excluding hydrogens is 234 g/mol. The Morgan fingerprint density at radius 1 is 1.18 bits per heavy atom. The van der Waals surface area contributed by atoms with E-state index in [1.165, 1.54) is 0 Å². The molecule has 0 aliphatic rings. The highest BCUT2D eigenvalue weighted by Gasteiger charge is 2.12. The number of nitrogens with one attached hydrogen (secondary N) is 1. The average molecular weight is 251 g/mol. The van der Waals surface area contributed by atoms with E-state index >= 15 is 0 Å². The van der Waals surface area contributed by atoms with Gasteiger partial charge in [0.25, 0.3) is 0 Å². The lowest BCUT2D eigenvalue weighted by Crippen LogP contribution is -2.02. The molecule has 0 saturated carbocycles. The molecule has 0 fully saturated rings. The van der Waals surface area contributed by atoms with Crippen LogP contribution in [0, 0.1) is 0 Å². The van der Waals surface area contributed by atoms with Crippen molar-refractivity contribution in [2.45, 2.75) is 31.6 Å². The summed E-state index contributed by atoms with van der Waals surface area (Å²) in [6.45, 7) is 3.79. The van der Waals surface area contributed by atoms with E-state index in [4.69, 9.17) is 0 Å². The highest BCUT2D eigenvalue weighted by atomic mass is 32.2. The SMILES string of the molecule is CCCc1cc2cc(S(=O)(=O)CC)ccc2[nH]1. The summed E-state index contributed by atoms with van der Waals surface area (Å²) in [5.41, 5.74) is 2.16. The Morgan fingerprint density at radius 3 is 2.59 bits per heavy atom. The first-order valence-corrected chi connectivity index (χ1v) is 7.56. The predicted molar refractivity (Wildman–Crippen MR) is 70.0 cm³/mol. The van der Waals surface area contributed by atoms with Crippen LogP contribution in [0.4, 0.5) is 0 Å². The zero-order chi connectivity index (χ0) is 12.5. The molecule has 0 unspecified atom stereocenters. The van der Waals surface area contributed by atoms with Crippen LogP contribution < -0.4 is 0 Å². The van der Waals surface area contributed by atoms with E-state index in [9.17, 15) is 8.42 Å². The molecule has 1 heterocycles. The number of aromatic nitrogens is 1. The second kappa shape index (κ2) is 4.53. The Balaban J connectivity index is 2.50. The smallest absolute Gasteiger partial charge is 0.178 e. The van der Waals surface area contributed by atoms with E-state index in [0.29, 0.717) is 4.90 Å². The van der Waals surface area contributed by atoms with Crippen LogP contribution in [0.25, 0.3) is 10.9 Å². The number of aryl methyl sites for hydroxylation is 1. The van der Waals surface area contributed by atoms with Crippen LogP contribution in [0.1, 0.15) is 26.0 Å². The monoisotopic (exact) mass is 251 g/mol. The second-order valence-electron chi connectivity index (χ2n) is 4.20. The van der Waals surface area contributed by atoms with Gasteiger partial charge in [-0.1, -0.05) is 20.3 Å². The number of benzene rings is 1. The van der Waals surface area contributed by atoms with Gasteiger partial charge in [0, 0.05) is 16.6 Å². The van der Waals surface area contributed by atoms with Gasteiger partial charge in [0.1, 0.15) is 0 Å². The molecule has 0 spiro atoms. The number of hydrogen-bond acceptors (Lipinski definition) is 2. The van der Waals surface area contributed by atoms with E-state index in [2.05, 4.69) is 11.9 Å². The number of H-pyrrole nitrogens is 1. The maximum Gasteiger partial charge on any atom is 0.178 e. The van der Waals surface area contributed by atoms with E-state index in [1.54, 1.807) is 19.1 Å². The minimum atomic E-state index is -3.11. The third-order valence-electron chi connectivity index (χ3n) is 2.91. The highest BCUT2D eigenvalue weighted by molar-refractivity contribution is 7.91. The molecule has 92 valence electrons. The summed E-state index contributed by atoms with van der Waals surface area (Å²) in [5.74, 6) is 0.144. The molecule has 1 aromatic carbocycles. The molecule has 0 aliphatic carbocycles. The number of fused-ring (bicyclic) bond motifs is 1. The molecule has 0 atom stereocenters. The molecular formula is C13H17NO2S. The third kappa shape index (κ3) is 2.36. The van der Waals surface area contributed by atoms with E-state index in [1.807, 2.05) is 12.1 Å². The Morgan fingerprint density at radius 2 is 1.94 bits per heavy atom. The number of sulfone groups is 1. The predicted octanol–water partition coefficient (Wildman–Crippen LogP) is 2.91. The second-order valence-corrected chi connectivity index (χ2v) is 6.48. The molecule has 0 bridgehead atoms. The standard InChI is InChI=1S/C13H17NO2S/c1-3-5-11-8-10-9-12(17(15,16)4-2)6-7-13(10)14-11/h6-9,14H,3-5H2,1-2H3. The van der Waals surface area contributed by atoms with Crippen molar-refractivity contribution in [1.29, 1.82) is 0 Å². The van der Waals surface area contributed by atoms with Gasteiger partial charge in [0.15, 0.2) is 9.84 Å². The van der Waals surface area contributed by atoms with Crippen LogP contribution in [0.2, 0.25) is 0 Å². The normalized spacial score (nSPS) is 12.1. The number of aromatic amines is 1. The molecule has 0 saturated heterocycles. The van der Waals surface area contributed by atoms with Crippen molar-refractivity contribution >= 4 is 20.7 Å². The average Bonchev–Trinajstić information content (AvgIpc) is 2.70. The zero-order valence-electron chi connectivity index (χ0n) is 10.2. The number of rotatable bonds is 4. The van der Waals surface area contributed by atoms with Gasteiger partial charge in [-0.25, -0.2) is 8.42 Å². The van der Waals surface area contributed by atoms with Crippen molar-refractivity contribution in [3.8, 4) is 0 Å². The summed E-state index contributed by atoms with van der Waals surface area (Å²) in [7, 11) is -3.11. The van der Waals surface area contributed by atoms with Crippen LogP contribution in [-0.4, -0.2) is 19.2 Å². The van der Waals surface area contributed by atoms with Crippen molar-refractivity contribution in [3.05, 3.63) is 30.0 Å². The Labute approximate surface area is 102 Å². The van der Waals surface area contributed by atoms with E-state index in [-0.39, 0.29) is 5.75 Å². The summed E-state index contributed by atoms with van der Waals surface area (Å²) in [5, 5.41) is 0.975. The molecule has 2 aromatic rings. The van der Waals surface area contributed by atoms with Gasteiger partial charge in [-0.2, -0.15) is 0 Å². The Bertz CT molecular complexity index is 626. The summed E-state index contributed by atoms with van der Waals surface area (Å²) >= 11 is 0. The topological polar surface area (TPSA) is 49.9 Å². The highest BCUT2D eigenvalue weighted by Crippen LogP contribution is 2.21.